The molecule has 3 heterocycles. The summed E-state index contributed by atoms with van der Waals surface area (Å²) in [6, 6.07) is -0.354. The second-order valence-corrected chi connectivity index (χ2v) is 11.8. The van der Waals surface area contributed by atoms with Crippen LogP contribution in [-0.2, 0) is 28.9 Å². The zero-order chi connectivity index (χ0) is 25.9. The summed E-state index contributed by atoms with van der Waals surface area (Å²) < 4.78 is 35.0. The summed E-state index contributed by atoms with van der Waals surface area (Å²) in [5, 5.41) is 7.47. The van der Waals surface area contributed by atoms with E-state index in [4.69, 9.17) is 21.1 Å². The standard InChI is InChI=1S/C22H26ClN3O7S2/c1-5-32-22(29)19-12(2)14(4)34-21(19)24-17(27)10-33-18(28)7-6-16-13(3)25-26(20(16)23)15-8-9-35(30,31)11-15/h6-7,15H,5,8-11H2,1-4H3,(H,24,27)/b7-6+. The van der Waals surface area contributed by atoms with Gasteiger partial charge in [0.1, 0.15) is 10.2 Å². The molecule has 0 spiro atoms. The van der Waals surface area contributed by atoms with Gasteiger partial charge in [0, 0.05) is 16.5 Å². The third-order valence-corrected chi connectivity index (χ3v) is 8.72. The number of amides is 1. The van der Waals surface area contributed by atoms with Crippen LogP contribution < -0.4 is 5.32 Å². The number of halogens is 1. The maximum atomic E-state index is 12.3. The Kier molecular flexibility index (Phi) is 8.39. The molecule has 1 unspecified atom stereocenters. The molecule has 2 aromatic heterocycles. The number of esters is 2. The molecule has 1 N–H and O–H groups in total. The largest absolute Gasteiger partial charge is 0.462 e. The molecular weight excluding hydrogens is 518 g/mol. The molecule has 190 valence electrons. The molecule has 0 bridgehead atoms. The molecule has 1 atom stereocenters. The number of carbonyl (C=O) groups excluding carboxylic acids is 3. The van der Waals surface area contributed by atoms with Crippen molar-refractivity contribution >= 4 is 61.7 Å². The monoisotopic (exact) mass is 543 g/mol. The molecule has 0 aliphatic carbocycles. The molecule has 1 fully saturated rings. The molecule has 3 rings (SSSR count). The van der Waals surface area contributed by atoms with Crippen molar-refractivity contribution in [2.75, 3.05) is 30.0 Å². The summed E-state index contributed by atoms with van der Waals surface area (Å²) in [5.74, 6) is -1.88. The Morgan fingerprint density at radius 2 is 1.97 bits per heavy atom. The van der Waals surface area contributed by atoms with Gasteiger partial charge in [-0.3, -0.25) is 4.79 Å². The fourth-order valence-corrected chi connectivity index (χ4v) is 6.73. The normalized spacial score (nSPS) is 17.0. The Morgan fingerprint density at radius 1 is 1.26 bits per heavy atom. The van der Waals surface area contributed by atoms with Crippen LogP contribution in [-0.4, -0.2) is 60.8 Å². The van der Waals surface area contributed by atoms with Gasteiger partial charge in [0.25, 0.3) is 5.91 Å². The van der Waals surface area contributed by atoms with E-state index < -0.39 is 34.3 Å². The van der Waals surface area contributed by atoms with E-state index in [0.717, 1.165) is 11.0 Å². The molecule has 2 aromatic rings. The van der Waals surface area contributed by atoms with Gasteiger partial charge in [0.05, 0.1) is 35.4 Å². The number of carbonyl (C=O) groups is 3. The van der Waals surface area contributed by atoms with E-state index in [1.54, 1.807) is 20.8 Å². The summed E-state index contributed by atoms with van der Waals surface area (Å²) >= 11 is 7.62. The van der Waals surface area contributed by atoms with Gasteiger partial charge in [-0.2, -0.15) is 5.10 Å². The highest BCUT2D eigenvalue weighted by atomic mass is 35.5. The average Bonchev–Trinajstić information content (AvgIpc) is 3.38. The SMILES string of the molecule is CCOC(=O)c1c(NC(=O)COC(=O)/C=C/c2c(C)nn(C3CCS(=O)(=O)C3)c2Cl)sc(C)c1C. The first-order chi connectivity index (χ1) is 16.4. The molecule has 13 heteroatoms. The predicted molar refractivity (Wildman–Crippen MR) is 133 cm³/mol. The Morgan fingerprint density at radius 3 is 2.60 bits per heavy atom. The summed E-state index contributed by atoms with van der Waals surface area (Å²) in [6.07, 6.45) is 2.95. The van der Waals surface area contributed by atoms with E-state index in [2.05, 4.69) is 10.4 Å². The minimum atomic E-state index is -3.11. The maximum Gasteiger partial charge on any atom is 0.341 e. The number of hydrogen-bond donors (Lipinski definition) is 1. The lowest BCUT2D eigenvalue weighted by atomic mass is 10.1. The average molecular weight is 544 g/mol. The Bertz CT molecular complexity index is 1290. The molecule has 10 nitrogen and oxygen atoms in total. The predicted octanol–water partition coefficient (Wildman–Crippen LogP) is 3.25. The number of rotatable bonds is 8. The highest BCUT2D eigenvalue weighted by Gasteiger charge is 2.31. The van der Waals surface area contributed by atoms with Gasteiger partial charge in [-0.05, 0) is 45.8 Å². The van der Waals surface area contributed by atoms with Gasteiger partial charge >= 0.3 is 11.9 Å². The molecule has 0 aromatic carbocycles. The molecule has 1 saturated heterocycles. The Balaban J connectivity index is 1.61. The first kappa shape index (κ1) is 26.9. The van der Waals surface area contributed by atoms with Crippen molar-refractivity contribution in [3.05, 3.63) is 38.5 Å². The number of hydrogen-bond acceptors (Lipinski definition) is 9. The molecule has 1 aliphatic rings. The fraction of sp³-hybridized carbons (Fsp3) is 0.455. The van der Waals surface area contributed by atoms with Crippen molar-refractivity contribution in [2.45, 2.75) is 40.2 Å². The molecule has 1 aliphatic heterocycles. The van der Waals surface area contributed by atoms with Crippen molar-refractivity contribution in [1.82, 2.24) is 9.78 Å². The summed E-state index contributed by atoms with van der Waals surface area (Å²) in [7, 11) is -3.11. The van der Waals surface area contributed by atoms with Crippen molar-refractivity contribution in [3.8, 4) is 0 Å². The number of nitrogens with zero attached hydrogens (tertiary/aromatic N) is 2. The van der Waals surface area contributed by atoms with E-state index in [9.17, 15) is 22.8 Å². The summed E-state index contributed by atoms with van der Waals surface area (Å²) in [6.45, 7) is 6.61. The van der Waals surface area contributed by atoms with Crippen molar-refractivity contribution in [3.63, 3.8) is 0 Å². The minimum Gasteiger partial charge on any atom is -0.462 e. The molecule has 1 amide bonds. The van der Waals surface area contributed by atoms with Crippen LogP contribution in [0.3, 0.4) is 0 Å². The minimum absolute atomic E-state index is 0.0324. The molecule has 0 radical (unpaired) electrons. The van der Waals surface area contributed by atoms with Crippen LogP contribution in [0.1, 0.15) is 51.4 Å². The van der Waals surface area contributed by atoms with Gasteiger partial charge < -0.3 is 14.8 Å². The number of anilines is 1. The van der Waals surface area contributed by atoms with Gasteiger partial charge in [-0.15, -0.1) is 11.3 Å². The van der Waals surface area contributed by atoms with E-state index in [1.807, 2.05) is 6.92 Å². The molecule has 35 heavy (non-hydrogen) atoms. The van der Waals surface area contributed by atoms with Crippen LogP contribution >= 0.6 is 22.9 Å². The second-order valence-electron chi connectivity index (χ2n) is 7.99. The van der Waals surface area contributed by atoms with Crippen molar-refractivity contribution in [1.29, 1.82) is 0 Å². The summed E-state index contributed by atoms with van der Waals surface area (Å²) in [4.78, 5) is 37.6. The van der Waals surface area contributed by atoms with E-state index >= 15 is 0 Å². The third kappa shape index (κ3) is 6.30. The first-order valence-corrected chi connectivity index (χ1v) is 13.8. The zero-order valence-corrected chi connectivity index (χ0v) is 22.1. The van der Waals surface area contributed by atoms with Crippen LogP contribution in [0.25, 0.3) is 6.08 Å². The van der Waals surface area contributed by atoms with Crippen LogP contribution in [0.5, 0.6) is 0 Å². The fourth-order valence-electron chi connectivity index (χ4n) is 3.59. The first-order valence-electron chi connectivity index (χ1n) is 10.8. The van der Waals surface area contributed by atoms with Crippen LogP contribution in [0, 0.1) is 20.8 Å². The Labute approximate surface area is 212 Å². The number of aryl methyl sites for hydroxylation is 2. The quantitative estimate of drug-likeness (QED) is 0.396. The van der Waals surface area contributed by atoms with Gasteiger partial charge in [-0.1, -0.05) is 11.6 Å². The number of ether oxygens (including phenoxy) is 2. The van der Waals surface area contributed by atoms with E-state index in [-0.39, 0.29) is 34.9 Å². The second kappa shape index (κ2) is 10.9. The zero-order valence-electron chi connectivity index (χ0n) is 19.7. The lowest BCUT2D eigenvalue weighted by molar-refractivity contribution is -0.142. The number of nitrogens with one attached hydrogen (secondary N) is 1. The highest BCUT2D eigenvalue weighted by Crippen LogP contribution is 2.33. The van der Waals surface area contributed by atoms with Crippen molar-refractivity contribution < 1.29 is 32.3 Å². The van der Waals surface area contributed by atoms with Gasteiger partial charge in [0.2, 0.25) is 0 Å². The van der Waals surface area contributed by atoms with Gasteiger partial charge in [0.15, 0.2) is 16.4 Å². The summed E-state index contributed by atoms with van der Waals surface area (Å²) in [5.41, 5.74) is 1.98. The number of aromatic nitrogens is 2. The highest BCUT2D eigenvalue weighted by molar-refractivity contribution is 7.91. The number of sulfone groups is 1. The van der Waals surface area contributed by atoms with E-state index in [1.165, 1.54) is 22.1 Å². The molecule has 0 saturated carbocycles. The van der Waals surface area contributed by atoms with E-state index in [0.29, 0.717) is 28.2 Å². The Hall–Kier alpha value is -2.70. The number of thiophene rings is 1. The lowest BCUT2D eigenvalue weighted by Crippen LogP contribution is -2.21. The maximum absolute atomic E-state index is 12.3. The molecular formula is C22H26ClN3O7S2. The smallest absolute Gasteiger partial charge is 0.341 e. The van der Waals surface area contributed by atoms with Crippen LogP contribution in [0.2, 0.25) is 5.15 Å². The topological polar surface area (TPSA) is 134 Å². The van der Waals surface area contributed by atoms with Crippen LogP contribution in [0.4, 0.5) is 5.00 Å². The van der Waals surface area contributed by atoms with Crippen LogP contribution in [0.15, 0.2) is 6.08 Å². The third-order valence-electron chi connectivity index (χ3n) is 5.47. The lowest BCUT2D eigenvalue weighted by Gasteiger charge is -2.09. The van der Waals surface area contributed by atoms with Crippen molar-refractivity contribution in [2.24, 2.45) is 0 Å². The van der Waals surface area contributed by atoms with Gasteiger partial charge in [-0.25, -0.2) is 22.7 Å².